The number of hydrogen-bond acceptors (Lipinski definition) is 4. The minimum absolute atomic E-state index is 0.219. The van der Waals surface area contributed by atoms with Gasteiger partial charge in [0.1, 0.15) is 17.3 Å². The van der Waals surface area contributed by atoms with Crippen LogP contribution in [0.15, 0.2) is 45.8 Å². The zero-order valence-electron chi connectivity index (χ0n) is 16.5. The van der Waals surface area contributed by atoms with Crippen LogP contribution >= 0.6 is 0 Å². The Morgan fingerprint density at radius 3 is 2.70 bits per heavy atom. The molecule has 0 aliphatic carbocycles. The second-order valence-corrected chi connectivity index (χ2v) is 6.87. The summed E-state index contributed by atoms with van der Waals surface area (Å²) in [4.78, 5) is 6.84. The summed E-state index contributed by atoms with van der Waals surface area (Å²) >= 11 is 0. The average molecular weight is 370 g/mol. The van der Waals surface area contributed by atoms with Gasteiger partial charge in [-0.2, -0.15) is 0 Å². The predicted molar refractivity (Wildman–Crippen MR) is 108 cm³/mol. The number of furan rings is 1. The third-order valence-corrected chi connectivity index (χ3v) is 4.95. The van der Waals surface area contributed by atoms with Crippen molar-refractivity contribution in [2.75, 3.05) is 33.8 Å². The molecule has 1 aliphatic rings. The van der Waals surface area contributed by atoms with Gasteiger partial charge in [0.2, 0.25) is 0 Å². The molecule has 1 aromatic carbocycles. The van der Waals surface area contributed by atoms with E-state index in [1.54, 1.807) is 14.2 Å². The summed E-state index contributed by atoms with van der Waals surface area (Å²) in [5.41, 5.74) is 1.15. The van der Waals surface area contributed by atoms with Crippen LogP contribution in [0.4, 0.5) is 0 Å². The fourth-order valence-corrected chi connectivity index (χ4v) is 3.48. The third-order valence-electron chi connectivity index (χ3n) is 4.95. The summed E-state index contributed by atoms with van der Waals surface area (Å²) in [6.45, 7) is 5.66. The van der Waals surface area contributed by atoms with Crippen molar-refractivity contribution in [3.63, 3.8) is 0 Å². The van der Waals surface area contributed by atoms with Crippen LogP contribution in [0.1, 0.15) is 36.0 Å². The quantitative estimate of drug-likeness (QED) is 0.579. The van der Waals surface area contributed by atoms with Crippen molar-refractivity contribution in [1.82, 2.24) is 15.5 Å². The first-order chi connectivity index (χ1) is 13.2. The van der Waals surface area contributed by atoms with Crippen molar-refractivity contribution in [2.24, 2.45) is 4.99 Å². The highest BCUT2D eigenvalue weighted by Crippen LogP contribution is 2.26. The van der Waals surface area contributed by atoms with Crippen molar-refractivity contribution < 1.29 is 9.15 Å². The van der Waals surface area contributed by atoms with Crippen molar-refractivity contribution in [1.29, 1.82) is 0 Å². The number of hydrogen-bond donors (Lipinski definition) is 2. The molecule has 2 N–H and O–H groups in total. The molecule has 1 atom stereocenters. The van der Waals surface area contributed by atoms with Crippen LogP contribution in [0, 0.1) is 6.92 Å². The Morgan fingerprint density at radius 1 is 1.22 bits per heavy atom. The van der Waals surface area contributed by atoms with Crippen molar-refractivity contribution >= 4 is 5.96 Å². The molecule has 27 heavy (non-hydrogen) atoms. The van der Waals surface area contributed by atoms with E-state index in [1.165, 1.54) is 12.8 Å². The SMILES string of the molecule is CN=C(NCc1cccc(OC)c1)NCC(c1ccc(C)o1)N1CCCC1. The monoisotopic (exact) mass is 370 g/mol. The fraction of sp³-hybridized carbons (Fsp3) is 0.476. The number of guanidine groups is 1. The van der Waals surface area contributed by atoms with Gasteiger partial charge in [-0.25, -0.2) is 0 Å². The number of aryl methyl sites for hydroxylation is 1. The van der Waals surface area contributed by atoms with Crippen molar-refractivity contribution in [3.05, 3.63) is 53.5 Å². The van der Waals surface area contributed by atoms with Crippen LogP contribution < -0.4 is 15.4 Å². The lowest BCUT2D eigenvalue weighted by molar-refractivity contribution is 0.213. The first kappa shape index (κ1) is 19.3. The van der Waals surface area contributed by atoms with Crippen LogP contribution in [0.25, 0.3) is 0 Å². The molecule has 2 heterocycles. The first-order valence-corrected chi connectivity index (χ1v) is 9.57. The molecular formula is C21H30N4O2. The smallest absolute Gasteiger partial charge is 0.191 e. The van der Waals surface area contributed by atoms with Gasteiger partial charge >= 0.3 is 0 Å². The van der Waals surface area contributed by atoms with Gasteiger partial charge in [0.25, 0.3) is 0 Å². The molecule has 2 aromatic rings. The average Bonchev–Trinajstić information content (AvgIpc) is 3.37. The van der Waals surface area contributed by atoms with E-state index in [1.807, 2.05) is 31.2 Å². The predicted octanol–water partition coefficient (Wildman–Crippen LogP) is 3.10. The molecule has 0 amide bonds. The molecule has 0 spiro atoms. The zero-order valence-corrected chi connectivity index (χ0v) is 16.5. The van der Waals surface area contributed by atoms with Gasteiger partial charge in [-0.15, -0.1) is 0 Å². The van der Waals surface area contributed by atoms with Crippen LogP contribution in [0.3, 0.4) is 0 Å². The van der Waals surface area contributed by atoms with Gasteiger partial charge < -0.3 is 19.8 Å². The number of methoxy groups -OCH3 is 1. The molecule has 0 saturated carbocycles. The summed E-state index contributed by atoms with van der Waals surface area (Å²) in [7, 11) is 3.48. The van der Waals surface area contributed by atoms with Crippen LogP contribution in [0.2, 0.25) is 0 Å². The topological polar surface area (TPSA) is 62.0 Å². The summed E-state index contributed by atoms with van der Waals surface area (Å²) < 4.78 is 11.2. The number of ether oxygens (including phenoxy) is 1. The summed E-state index contributed by atoms with van der Waals surface area (Å²) in [5.74, 6) is 3.62. The molecule has 1 unspecified atom stereocenters. The van der Waals surface area contributed by atoms with Crippen LogP contribution in [-0.2, 0) is 6.54 Å². The van der Waals surface area contributed by atoms with Crippen molar-refractivity contribution in [2.45, 2.75) is 32.4 Å². The molecule has 6 heteroatoms. The summed E-state index contributed by atoms with van der Waals surface area (Å²) in [6.07, 6.45) is 2.50. The van der Waals surface area contributed by atoms with E-state index in [2.05, 4.69) is 32.7 Å². The van der Waals surface area contributed by atoms with Gasteiger partial charge in [-0.1, -0.05) is 12.1 Å². The lowest BCUT2D eigenvalue weighted by Gasteiger charge is -2.26. The Labute approximate surface area is 161 Å². The first-order valence-electron chi connectivity index (χ1n) is 9.57. The second kappa shape index (κ2) is 9.46. The van der Waals surface area contributed by atoms with Crippen LogP contribution in [0.5, 0.6) is 5.75 Å². The Balaban J connectivity index is 1.59. The van der Waals surface area contributed by atoms with E-state index in [0.29, 0.717) is 6.54 Å². The number of aliphatic imine (C=N–C) groups is 1. The number of nitrogens with zero attached hydrogens (tertiary/aromatic N) is 2. The van der Waals surface area contributed by atoms with E-state index in [-0.39, 0.29) is 6.04 Å². The van der Waals surface area contributed by atoms with E-state index >= 15 is 0 Å². The van der Waals surface area contributed by atoms with E-state index < -0.39 is 0 Å². The normalized spacial score (nSPS) is 16.3. The standard InChI is InChI=1S/C21H30N4O2/c1-16-9-10-20(27-16)19(25-11-4-5-12-25)15-24-21(22-2)23-14-17-7-6-8-18(13-17)26-3/h6-10,13,19H,4-5,11-12,14-15H2,1-3H3,(H2,22,23,24). The zero-order chi connectivity index (χ0) is 19.1. The van der Waals surface area contributed by atoms with Crippen LogP contribution in [-0.4, -0.2) is 44.7 Å². The van der Waals surface area contributed by atoms with Crippen molar-refractivity contribution in [3.8, 4) is 5.75 Å². The maximum Gasteiger partial charge on any atom is 0.191 e. The number of benzene rings is 1. The van der Waals surface area contributed by atoms with E-state index in [0.717, 1.165) is 48.4 Å². The number of nitrogens with one attached hydrogen (secondary N) is 2. The number of rotatable bonds is 7. The molecule has 0 radical (unpaired) electrons. The molecule has 1 fully saturated rings. The molecular weight excluding hydrogens is 340 g/mol. The lowest BCUT2D eigenvalue weighted by atomic mass is 10.2. The molecule has 146 valence electrons. The maximum absolute atomic E-state index is 5.92. The van der Waals surface area contributed by atoms with E-state index in [9.17, 15) is 0 Å². The fourth-order valence-electron chi connectivity index (χ4n) is 3.48. The highest BCUT2D eigenvalue weighted by Gasteiger charge is 2.26. The Kier molecular flexibility index (Phi) is 6.76. The summed E-state index contributed by atoms with van der Waals surface area (Å²) in [6, 6.07) is 12.4. The van der Waals surface area contributed by atoms with Gasteiger partial charge in [-0.05, 0) is 62.7 Å². The third kappa shape index (κ3) is 5.26. The van der Waals surface area contributed by atoms with Gasteiger partial charge in [0.05, 0.1) is 13.2 Å². The molecule has 0 bridgehead atoms. The molecule has 1 aliphatic heterocycles. The summed E-state index contributed by atoms with van der Waals surface area (Å²) in [5, 5.41) is 6.83. The van der Waals surface area contributed by atoms with E-state index in [4.69, 9.17) is 9.15 Å². The largest absolute Gasteiger partial charge is 0.497 e. The molecule has 3 rings (SSSR count). The Bertz CT molecular complexity index is 750. The van der Waals surface area contributed by atoms with Gasteiger partial charge in [0, 0.05) is 20.1 Å². The molecule has 1 aromatic heterocycles. The second-order valence-electron chi connectivity index (χ2n) is 6.87. The Morgan fingerprint density at radius 2 is 2.04 bits per heavy atom. The maximum atomic E-state index is 5.92. The molecule has 1 saturated heterocycles. The highest BCUT2D eigenvalue weighted by molar-refractivity contribution is 5.79. The van der Waals surface area contributed by atoms with Gasteiger partial charge in [-0.3, -0.25) is 9.89 Å². The lowest BCUT2D eigenvalue weighted by Crippen LogP contribution is -2.42. The minimum atomic E-state index is 0.219. The highest BCUT2D eigenvalue weighted by atomic mass is 16.5. The minimum Gasteiger partial charge on any atom is -0.497 e. The number of likely N-dealkylation sites (tertiary alicyclic amines) is 1. The Hall–Kier alpha value is -2.47. The van der Waals surface area contributed by atoms with Gasteiger partial charge in [0.15, 0.2) is 5.96 Å². The molecule has 6 nitrogen and oxygen atoms in total.